The van der Waals surface area contributed by atoms with E-state index in [2.05, 4.69) is 20.6 Å². The molecule has 1 heterocycles. The van der Waals surface area contributed by atoms with Crippen molar-refractivity contribution in [3.63, 3.8) is 0 Å². The number of aryl methyl sites for hydroxylation is 1. The molecule has 5 heteroatoms. The van der Waals surface area contributed by atoms with Gasteiger partial charge in [0.2, 0.25) is 5.95 Å². The first-order valence-corrected chi connectivity index (χ1v) is 7.35. The highest BCUT2D eigenvalue weighted by Crippen LogP contribution is 2.17. The SMILES string of the molecule is Cc1cnc(Nc2ccccc2)nc1NCc1ccc(F)cc1. The molecule has 3 rings (SSSR count). The Kier molecular flexibility index (Phi) is 4.47. The Labute approximate surface area is 134 Å². The summed E-state index contributed by atoms with van der Waals surface area (Å²) in [6, 6.07) is 16.2. The van der Waals surface area contributed by atoms with E-state index in [0.717, 1.165) is 22.6 Å². The quantitative estimate of drug-likeness (QED) is 0.738. The van der Waals surface area contributed by atoms with Crippen LogP contribution in [0.25, 0.3) is 0 Å². The van der Waals surface area contributed by atoms with Crippen LogP contribution in [0.15, 0.2) is 60.8 Å². The van der Waals surface area contributed by atoms with Gasteiger partial charge in [-0.15, -0.1) is 0 Å². The van der Waals surface area contributed by atoms with Gasteiger partial charge in [-0.05, 0) is 36.8 Å². The van der Waals surface area contributed by atoms with Crippen molar-refractivity contribution in [2.75, 3.05) is 10.6 Å². The van der Waals surface area contributed by atoms with E-state index in [4.69, 9.17) is 0 Å². The molecule has 0 saturated carbocycles. The average molecular weight is 308 g/mol. The van der Waals surface area contributed by atoms with Crippen molar-refractivity contribution in [3.05, 3.63) is 77.7 Å². The Morgan fingerprint density at radius 3 is 2.48 bits per heavy atom. The Bertz CT molecular complexity index is 773. The van der Waals surface area contributed by atoms with Crippen molar-refractivity contribution in [3.8, 4) is 0 Å². The topological polar surface area (TPSA) is 49.8 Å². The van der Waals surface area contributed by atoms with Gasteiger partial charge in [0.15, 0.2) is 0 Å². The second-order valence-electron chi connectivity index (χ2n) is 5.20. The van der Waals surface area contributed by atoms with E-state index in [1.165, 1.54) is 12.1 Å². The minimum absolute atomic E-state index is 0.235. The molecule has 4 nitrogen and oxygen atoms in total. The summed E-state index contributed by atoms with van der Waals surface area (Å²) in [6.45, 7) is 2.52. The van der Waals surface area contributed by atoms with Crippen molar-refractivity contribution >= 4 is 17.5 Å². The van der Waals surface area contributed by atoms with Gasteiger partial charge in [-0.1, -0.05) is 30.3 Å². The van der Waals surface area contributed by atoms with Gasteiger partial charge in [0, 0.05) is 24.0 Å². The lowest BCUT2D eigenvalue weighted by Gasteiger charge is -2.11. The van der Waals surface area contributed by atoms with Crippen LogP contribution in [0, 0.1) is 12.7 Å². The molecule has 2 N–H and O–H groups in total. The van der Waals surface area contributed by atoms with Crippen LogP contribution in [-0.2, 0) is 6.54 Å². The molecule has 0 aliphatic carbocycles. The number of aromatic nitrogens is 2. The van der Waals surface area contributed by atoms with Crippen LogP contribution < -0.4 is 10.6 Å². The highest BCUT2D eigenvalue weighted by atomic mass is 19.1. The van der Waals surface area contributed by atoms with Crippen LogP contribution >= 0.6 is 0 Å². The third-order valence-electron chi connectivity index (χ3n) is 3.37. The molecular weight excluding hydrogens is 291 g/mol. The fourth-order valence-corrected chi connectivity index (χ4v) is 2.12. The summed E-state index contributed by atoms with van der Waals surface area (Å²) < 4.78 is 12.9. The van der Waals surface area contributed by atoms with E-state index < -0.39 is 0 Å². The first kappa shape index (κ1) is 15.0. The summed E-state index contributed by atoms with van der Waals surface area (Å²) in [5, 5.41) is 6.43. The number of nitrogens with zero attached hydrogens (tertiary/aromatic N) is 2. The molecule has 23 heavy (non-hydrogen) atoms. The monoisotopic (exact) mass is 308 g/mol. The van der Waals surface area contributed by atoms with Gasteiger partial charge >= 0.3 is 0 Å². The fraction of sp³-hybridized carbons (Fsp3) is 0.111. The molecule has 0 bridgehead atoms. The number of nitrogens with one attached hydrogen (secondary N) is 2. The summed E-state index contributed by atoms with van der Waals surface area (Å²) in [5.74, 6) is 1.05. The molecule has 2 aromatic carbocycles. The molecule has 0 aliphatic heterocycles. The molecule has 0 fully saturated rings. The number of hydrogen-bond acceptors (Lipinski definition) is 4. The normalized spacial score (nSPS) is 10.3. The number of para-hydroxylation sites is 1. The minimum Gasteiger partial charge on any atom is -0.366 e. The molecule has 116 valence electrons. The molecular formula is C18H17FN4. The summed E-state index contributed by atoms with van der Waals surface area (Å²) in [4.78, 5) is 8.78. The lowest BCUT2D eigenvalue weighted by molar-refractivity contribution is 0.627. The zero-order valence-corrected chi connectivity index (χ0v) is 12.8. The molecule has 3 aromatic rings. The predicted octanol–water partition coefficient (Wildman–Crippen LogP) is 4.28. The van der Waals surface area contributed by atoms with Gasteiger partial charge in [0.1, 0.15) is 11.6 Å². The van der Waals surface area contributed by atoms with Crippen molar-refractivity contribution in [2.45, 2.75) is 13.5 Å². The van der Waals surface area contributed by atoms with Gasteiger partial charge in [-0.3, -0.25) is 0 Å². The van der Waals surface area contributed by atoms with E-state index in [0.29, 0.717) is 12.5 Å². The van der Waals surface area contributed by atoms with Crippen LogP contribution in [-0.4, -0.2) is 9.97 Å². The summed E-state index contributed by atoms with van der Waals surface area (Å²) >= 11 is 0. The molecule has 0 radical (unpaired) electrons. The third kappa shape index (κ3) is 4.03. The highest BCUT2D eigenvalue weighted by molar-refractivity contribution is 5.55. The summed E-state index contributed by atoms with van der Waals surface area (Å²) in [7, 11) is 0. The number of hydrogen-bond donors (Lipinski definition) is 2. The van der Waals surface area contributed by atoms with Crippen LogP contribution in [0.1, 0.15) is 11.1 Å². The number of anilines is 3. The van der Waals surface area contributed by atoms with Gasteiger partial charge < -0.3 is 10.6 Å². The number of benzene rings is 2. The summed E-state index contributed by atoms with van der Waals surface area (Å²) in [6.07, 6.45) is 1.77. The average Bonchev–Trinajstić information content (AvgIpc) is 2.58. The van der Waals surface area contributed by atoms with Gasteiger partial charge in [0.25, 0.3) is 0 Å². The van der Waals surface area contributed by atoms with Crippen LogP contribution in [0.3, 0.4) is 0 Å². The van der Waals surface area contributed by atoms with E-state index in [9.17, 15) is 4.39 Å². The molecule has 0 unspecified atom stereocenters. The smallest absolute Gasteiger partial charge is 0.229 e. The minimum atomic E-state index is -0.235. The number of halogens is 1. The maximum atomic E-state index is 12.9. The van der Waals surface area contributed by atoms with E-state index >= 15 is 0 Å². The Hall–Kier alpha value is -2.95. The standard InChI is InChI=1S/C18H17FN4/c1-13-11-21-18(22-16-5-3-2-4-6-16)23-17(13)20-12-14-7-9-15(19)10-8-14/h2-11H,12H2,1H3,(H2,20,21,22,23). The Morgan fingerprint density at radius 1 is 1.00 bits per heavy atom. The number of rotatable bonds is 5. The van der Waals surface area contributed by atoms with Crippen LogP contribution in [0.4, 0.5) is 21.8 Å². The van der Waals surface area contributed by atoms with Gasteiger partial charge in [0.05, 0.1) is 0 Å². The van der Waals surface area contributed by atoms with E-state index in [-0.39, 0.29) is 5.82 Å². The van der Waals surface area contributed by atoms with Crippen LogP contribution in [0.2, 0.25) is 0 Å². The maximum Gasteiger partial charge on any atom is 0.229 e. The molecule has 0 atom stereocenters. The van der Waals surface area contributed by atoms with Crippen molar-refractivity contribution < 1.29 is 4.39 Å². The van der Waals surface area contributed by atoms with E-state index in [1.54, 1.807) is 18.3 Å². The molecule has 0 spiro atoms. The second kappa shape index (κ2) is 6.87. The van der Waals surface area contributed by atoms with E-state index in [1.807, 2.05) is 37.3 Å². The van der Waals surface area contributed by atoms with Gasteiger partial charge in [-0.2, -0.15) is 4.98 Å². The largest absolute Gasteiger partial charge is 0.366 e. The summed E-state index contributed by atoms with van der Waals surface area (Å²) in [5.41, 5.74) is 2.87. The van der Waals surface area contributed by atoms with Crippen LogP contribution in [0.5, 0.6) is 0 Å². The predicted molar refractivity (Wildman–Crippen MR) is 90.2 cm³/mol. The van der Waals surface area contributed by atoms with Crippen molar-refractivity contribution in [1.29, 1.82) is 0 Å². The lowest BCUT2D eigenvalue weighted by atomic mass is 10.2. The maximum absolute atomic E-state index is 12.9. The Balaban J connectivity index is 1.71. The Morgan fingerprint density at radius 2 is 1.74 bits per heavy atom. The molecule has 0 aliphatic rings. The zero-order chi connectivity index (χ0) is 16.1. The molecule has 0 amide bonds. The molecule has 1 aromatic heterocycles. The van der Waals surface area contributed by atoms with Crippen molar-refractivity contribution in [2.24, 2.45) is 0 Å². The molecule has 0 saturated heterocycles. The fourth-order valence-electron chi connectivity index (χ4n) is 2.12. The third-order valence-corrected chi connectivity index (χ3v) is 3.37. The lowest BCUT2D eigenvalue weighted by Crippen LogP contribution is -2.06. The van der Waals surface area contributed by atoms with Crippen molar-refractivity contribution in [1.82, 2.24) is 9.97 Å². The zero-order valence-electron chi connectivity index (χ0n) is 12.8. The first-order chi connectivity index (χ1) is 11.2. The van der Waals surface area contributed by atoms with Gasteiger partial charge in [-0.25, -0.2) is 9.37 Å². The first-order valence-electron chi connectivity index (χ1n) is 7.35. The second-order valence-corrected chi connectivity index (χ2v) is 5.20. The highest BCUT2D eigenvalue weighted by Gasteiger charge is 2.04.